The smallest absolute Gasteiger partial charge is 0.271 e. The van der Waals surface area contributed by atoms with Gasteiger partial charge in [-0.05, 0) is 48.4 Å². The third-order valence-corrected chi connectivity index (χ3v) is 6.95. The second-order valence-corrected chi connectivity index (χ2v) is 9.51. The number of amides is 1. The second-order valence-electron chi connectivity index (χ2n) is 7.84. The number of furan rings is 1. The molecule has 1 fully saturated rings. The van der Waals surface area contributed by atoms with E-state index in [0.29, 0.717) is 16.2 Å². The quantitative estimate of drug-likeness (QED) is 0.281. The first-order valence-electron chi connectivity index (χ1n) is 10.6. The fourth-order valence-electron chi connectivity index (χ4n) is 3.73. The zero-order valence-electron chi connectivity index (χ0n) is 18.9. The maximum absolute atomic E-state index is 13.1. The molecule has 0 saturated carbocycles. The van der Waals surface area contributed by atoms with Crippen molar-refractivity contribution < 1.29 is 23.5 Å². The number of ketones is 1. The van der Waals surface area contributed by atoms with Crippen LogP contribution in [0.3, 0.4) is 0 Å². The van der Waals surface area contributed by atoms with Gasteiger partial charge in [0, 0.05) is 13.0 Å². The van der Waals surface area contributed by atoms with E-state index in [2.05, 4.69) is 0 Å². The van der Waals surface area contributed by atoms with Gasteiger partial charge in [-0.3, -0.25) is 23.9 Å². The average Bonchev–Trinajstić information content (AvgIpc) is 3.45. The second kappa shape index (κ2) is 10.3. The van der Waals surface area contributed by atoms with Gasteiger partial charge in [-0.25, -0.2) is 4.39 Å². The van der Waals surface area contributed by atoms with E-state index in [1.807, 2.05) is 0 Å². The Kier molecular flexibility index (Phi) is 7.19. The van der Waals surface area contributed by atoms with Gasteiger partial charge in [0.2, 0.25) is 5.88 Å². The largest absolute Gasteiger partial charge is 0.494 e. The fraction of sp³-hybridized carbons (Fsp3) is 0.160. The van der Waals surface area contributed by atoms with Crippen LogP contribution in [0.1, 0.15) is 39.2 Å². The molecular formula is C25H18FN3O5S2. The molecule has 4 rings (SSSR count). The highest BCUT2D eigenvalue weighted by Gasteiger charge is 2.33. The van der Waals surface area contributed by atoms with Crippen LogP contribution < -0.4 is 5.56 Å². The van der Waals surface area contributed by atoms with Gasteiger partial charge in [-0.1, -0.05) is 36.1 Å². The number of nitrogens with zero attached hydrogens (tertiary/aromatic N) is 3. The molecule has 1 amide bonds. The predicted octanol–water partition coefficient (Wildman–Crippen LogP) is 3.99. The first kappa shape index (κ1) is 25.1. The minimum absolute atomic E-state index is 0.0577. The Morgan fingerprint density at radius 3 is 2.64 bits per heavy atom. The van der Waals surface area contributed by atoms with E-state index in [9.17, 15) is 29.1 Å². The third kappa shape index (κ3) is 4.86. The molecule has 3 aromatic rings. The lowest BCUT2D eigenvalue weighted by Crippen LogP contribution is -2.31. The fourth-order valence-corrected chi connectivity index (χ4v) is 5.04. The molecule has 1 aliphatic heterocycles. The summed E-state index contributed by atoms with van der Waals surface area (Å²) >= 11 is 6.36. The maximum atomic E-state index is 13.1. The Morgan fingerprint density at radius 1 is 1.28 bits per heavy atom. The van der Waals surface area contributed by atoms with Crippen LogP contribution >= 0.6 is 24.0 Å². The topological polar surface area (TPSA) is 117 Å². The number of rotatable bonds is 7. The van der Waals surface area contributed by atoms with Gasteiger partial charge < -0.3 is 9.52 Å². The Bertz CT molecular complexity index is 1500. The third-order valence-electron chi connectivity index (χ3n) is 5.58. The standard InChI is InChI=1S/C25H18FN3O5S2/c1-14-18(12-27)22(31)29(13-17-3-2-10-34-17)24(33)21(14)19(30)8-9-28-23(32)20(36-25(28)35)11-15-4-6-16(26)7-5-15/h2-7,10-11,33H,8-9,13H2,1H3/b20-11-. The van der Waals surface area contributed by atoms with Crippen molar-refractivity contribution >= 4 is 46.1 Å². The van der Waals surface area contributed by atoms with Gasteiger partial charge in [-0.15, -0.1) is 0 Å². The summed E-state index contributed by atoms with van der Waals surface area (Å²) in [6.07, 6.45) is 2.77. The van der Waals surface area contributed by atoms with E-state index >= 15 is 0 Å². The van der Waals surface area contributed by atoms with E-state index in [1.165, 1.54) is 42.4 Å². The number of thiocarbonyl (C=S) groups is 1. The van der Waals surface area contributed by atoms with Crippen LogP contribution in [0.5, 0.6) is 5.88 Å². The van der Waals surface area contributed by atoms with Crippen molar-refractivity contribution in [1.82, 2.24) is 9.47 Å². The molecule has 1 saturated heterocycles. The average molecular weight is 524 g/mol. The number of aromatic hydroxyl groups is 1. The molecule has 3 heterocycles. The van der Waals surface area contributed by atoms with Crippen LogP contribution in [0.25, 0.3) is 6.08 Å². The Morgan fingerprint density at radius 2 is 2.00 bits per heavy atom. The van der Waals surface area contributed by atoms with Crippen LogP contribution in [0.2, 0.25) is 0 Å². The normalized spacial score (nSPS) is 14.5. The van der Waals surface area contributed by atoms with Crippen molar-refractivity contribution in [3.63, 3.8) is 0 Å². The van der Waals surface area contributed by atoms with Crippen molar-refractivity contribution in [2.75, 3.05) is 6.54 Å². The summed E-state index contributed by atoms with van der Waals surface area (Å²) in [6, 6.07) is 10.6. The highest BCUT2D eigenvalue weighted by molar-refractivity contribution is 8.26. The number of thioether (sulfide) groups is 1. The van der Waals surface area contributed by atoms with Crippen molar-refractivity contribution in [1.29, 1.82) is 5.26 Å². The number of Topliss-reactive ketones (excluding diaryl/α,β-unsaturated/α-hetero) is 1. The number of carbonyl (C=O) groups is 2. The van der Waals surface area contributed by atoms with Crippen molar-refractivity contribution in [2.24, 2.45) is 0 Å². The molecular weight excluding hydrogens is 505 g/mol. The van der Waals surface area contributed by atoms with Crippen molar-refractivity contribution in [3.05, 3.63) is 91.8 Å². The maximum Gasteiger partial charge on any atom is 0.271 e. The van der Waals surface area contributed by atoms with Crippen LogP contribution in [0.15, 0.2) is 56.8 Å². The molecule has 36 heavy (non-hydrogen) atoms. The SMILES string of the molecule is Cc1c(C(=O)CCN2C(=O)/C(=C/c3ccc(F)cc3)SC2=S)c(O)n(Cc2ccco2)c(=O)c1C#N. The first-order valence-corrected chi connectivity index (χ1v) is 11.9. The molecule has 2 aromatic heterocycles. The summed E-state index contributed by atoms with van der Waals surface area (Å²) in [5, 5.41) is 20.3. The molecule has 1 aromatic carbocycles. The summed E-state index contributed by atoms with van der Waals surface area (Å²) in [5.74, 6) is -1.59. The van der Waals surface area contributed by atoms with Gasteiger partial charge in [0.05, 0.1) is 23.3 Å². The molecule has 1 aliphatic rings. The van der Waals surface area contributed by atoms with Crippen LogP contribution in [0.4, 0.5) is 4.39 Å². The van der Waals surface area contributed by atoms with Crippen LogP contribution in [-0.2, 0) is 11.3 Å². The molecule has 8 nitrogen and oxygen atoms in total. The van der Waals surface area contributed by atoms with E-state index in [0.717, 1.165) is 16.3 Å². The van der Waals surface area contributed by atoms with Crippen molar-refractivity contribution in [2.45, 2.75) is 19.9 Å². The van der Waals surface area contributed by atoms with Gasteiger partial charge in [0.25, 0.3) is 11.5 Å². The number of nitriles is 1. The van der Waals surface area contributed by atoms with Gasteiger partial charge in [0.15, 0.2) is 5.78 Å². The molecule has 0 aliphatic carbocycles. The summed E-state index contributed by atoms with van der Waals surface area (Å²) in [4.78, 5) is 40.3. The van der Waals surface area contributed by atoms with Gasteiger partial charge >= 0.3 is 0 Å². The van der Waals surface area contributed by atoms with E-state index in [-0.39, 0.29) is 40.5 Å². The number of benzene rings is 1. The molecule has 0 radical (unpaired) electrons. The summed E-state index contributed by atoms with van der Waals surface area (Å²) in [7, 11) is 0. The molecule has 1 N–H and O–H groups in total. The van der Waals surface area contributed by atoms with Gasteiger partial charge in [0.1, 0.15) is 27.5 Å². The zero-order chi connectivity index (χ0) is 26.0. The predicted molar refractivity (Wildman–Crippen MR) is 135 cm³/mol. The number of carbonyl (C=O) groups excluding carboxylic acids is 2. The molecule has 11 heteroatoms. The highest BCUT2D eigenvalue weighted by atomic mass is 32.2. The van der Waals surface area contributed by atoms with Gasteiger partial charge in [-0.2, -0.15) is 5.26 Å². The van der Waals surface area contributed by atoms with Crippen LogP contribution in [0, 0.1) is 24.1 Å². The summed E-state index contributed by atoms with van der Waals surface area (Å²) in [6.45, 7) is 1.17. The summed E-state index contributed by atoms with van der Waals surface area (Å²) in [5.41, 5.74) is -0.512. The first-order chi connectivity index (χ1) is 17.2. The van der Waals surface area contributed by atoms with E-state index in [4.69, 9.17) is 16.6 Å². The molecule has 0 spiro atoms. The highest BCUT2D eigenvalue weighted by Crippen LogP contribution is 2.33. The Hall–Kier alpha value is -4.01. The molecule has 0 bridgehead atoms. The lowest BCUT2D eigenvalue weighted by atomic mass is 10.00. The number of halogens is 1. The monoisotopic (exact) mass is 523 g/mol. The number of hydrogen-bond acceptors (Lipinski definition) is 8. The lowest BCUT2D eigenvalue weighted by molar-refractivity contribution is -0.122. The zero-order valence-corrected chi connectivity index (χ0v) is 20.5. The minimum atomic E-state index is -0.747. The number of pyridine rings is 1. The number of hydrogen-bond donors (Lipinski definition) is 1. The molecule has 0 unspecified atom stereocenters. The van der Waals surface area contributed by atoms with Crippen molar-refractivity contribution in [3.8, 4) is 11.9 Å². The molecule has 0 atom stereocenters. The van der Waals surface area contributed by atoms with Crippen LogP contribution in [-0.4, -0.2) is 37.1 Å². The lowest BCUT2D eigenvalue weighted by Gasteiger charge is -2.17. The Balaban J connectivity index is 1.57. The Labute approximate surface area is 214 Å². The van der Waals surface area contributed by atoms with E-state index in [1.54, 1.807) is 24.3 Å². The number of aromatic nitrogens is 1. The minimum Gasteiger partial charge on any atom is -0.494 e. The van der Waals surface area contributed by atoms with E-state index < -0.39 is 28.9 Å². The summed E-state index contributed by atoms with van der Waals surface area (Å²) < 4.78 is 19.5. The molecule has 182 valence electrons.